The Kier molecular flexibility index (Phi) is 2.68. The van der Waals surface area contributed by atoms with Crippen molar-refractivity contribution in [3.63, 3.8) is 0 Å². The van der Waals surface area contributed by atoms with Gasteiger partial charge in [-0.3, -0.25) is 4.98 Å². The molecule has 3 aromatic rings. The fourth-order valence-electron chi connectivity index (χ4n) is 1.80. The summed E-state index contributed by atoms with van der Waals surface area (Å²) in [5.74, 6) is 0. The van der Waals surface area contributed by atoms with Gasteiger partial charge in [-0.15, -0.1) is 11.3 Å². The average molecular weight is 256 g/mol. The van der Waals surface area contributed by atoms with Gasteiger partial charge in [0.2, 0.25) is 0 Å². The molecule has 0 atom stereocenters. The van der Waals surface area contributed by atoms with E-state index in [2.05, 4.69) is 32.5 Å². The van der Waals surface area contributed by atoms with Crippen molar-refractivity contribution in [1.29, 1.82) is 0 Å². The number of pyridine rings is 1. The van der Waals surface area contributed by atoms with Crippen LogP contribution in [0.3, 0.4) is 0 Å². The van der Waals surface area contributed by atoms with Gasteiger partial charge in [-0.1, -0.05) is 6.07 Å². The molecule has 4 nitrogen and oxygen atoms in total. The summed E-state index contributed by atoms with van der Waals surface area (Å²) in [6.45, 7) is 3.95. The molecule has 3 heterocycles. The van der Waals surface area contributed by atoms with Crippen LogP contribution in [0.2, 0.25) is 0 Å². The highest BCUT2D eigenvalue weighted by atomic mass is 32.1. The van der Waals surface area contributed by atoms with Crippen molar-refractivity contribution in [1.82, 2.24) is 20.4 Å². The maximum Gasteiger partial charge on any atom is 0.125 e. The average Bonchev–Trinajstić information content (AvgIpc) is 2.97. The molecule has 0 bridgehead atoms. The molecule has 0 saturated heterocycles. The molecule has 0 spiro atoms. The first-order valence-electron chi connectivity index (χ1n) is 5.65. The van der Waals surface area contributed by atoms with E-state index in [0.29, 0.717) is 0 Å². The van der Waals surface area contributed by atoms with Crippen LogP contribution >= 0.6 is 11.3 Å². The van der Waals surface area contributed by atoms with Crippen LogP contribution in [-0.2, 0) is 0 Å². The van der Waals surface area contributed by atoms with Crippen molar-refractivity contribution < 1.29 is 0 Å². The Balaban J connectivity index is 2.02. The smallest absolute Gasteiger partial charge is 0.125 e. The Morgan fingerprint density at radius 3 is 2.56 bits per heavy atom. The van der Waals surface area contributed by atoms with Crippen LogP contribution in [0.15, 0.2) is 30.3 Å². The van der Waals surface area contributed by atoms with E-state index < -0.39 is 0 Å². The molecule has 3 aromatic heterocycles. The van der Waals surface area contributed by atoms with Gasteiger partial charge in [-0.25, -0.2) is 0 Å². The lowest BCUT2D eigenvalue weighted by Crippen LogP contribution is -1.82. The lowest BCUT2D eigenvalue weighted by molar-refractivity contribution is 0.930. The third-order valence-electron chi connectivity index (χ3n) is 2.70. The molecule has 0 aliphatic carbocycles. The maximum atomic E-state index is 4.53. The molecular weight excluding hydrogens is 244 g/mol. The van der Waals surface area contributed by atoms with E-state index in [0.717, 1.165) is 32.5 Å². The van der Waals surface area contributed by atoms with Gasteiger partial charge in [0.25, 0.3) is 0 Å². The number of rotatable bonds is 2. The predicted molar refractivity (Wildman–Crippen MR) is 72.4 cm³/mol. The van der Waals surface area contributed by atoms with Gasteiger partial charge in [-0.05, 0) is 38.1 Å². The van der Waals surface area contributed by atoms with Gasteiger partial charge in [-0.2, -0.15) is 15.4 Å². The molecule has 0 radical (unpaired) electrons. The van der Waals surface area contributed by atoms with Crippen LogP contribution in [0.1, 0.15) is 11.4 Å². The number of aryl methyl sites for hydroxylation is 2. The lowest BCUT2D eigenvalue weighted by atomic mass is 10.2. The predicted octanol–water partition coefficient (Wildman–Crippen LogP) is 3.21. The molecule has 0 saturated carbocycles. The fraction of sp³-hybridized carbons (Fsp3) is 0.154. The van der Waals surface area contributed by atoms with Crippen LogP contribution in [0.4, 0.5) is 0 Å². The Hall–Kier alpha value is -2.01. The van der Waals surface area contributed by atoms with Gasteiger partial charge in [0.15, 0.2) is 0 Å². The van der Waals surface area contributed by atoms with Crippen molar-refractivity contribution in [3.05, 3.63) is 41.7 Å². The number of aromatic nitrogens is 4. The summed E-state index contributed by atoms with van der Waals surface area (Å²) in [6.07, 6.45) is 0. The molecule has 0 fully saturated rings. The Labute approximate surface area is 109 Å². The molecule has 0 aliphatic rings. The zero-order valence-corrected chi connectivity index (χ0v) is 11.0. The summed E-state index contributed by atoms with van der Waals surface area (Å²) in [5, 5.41) is 10.9. The molecule has 0 aromatic carbocycles. The number of hydrogen-bond donors (Lipinski definition) is 1. The molecule has 3 rings (SSSR count). The number of hydrogen-bond acceptors (Lipinski definition) is 4. The van der Waals surface area contributed by atoms with Crippen molar-refractivity contribution in [2.24, 2.45) is 0 Å². The second-order valence-electron chi connectivity index (χ2n) is 4.09. The van der Waals surface area contributed by atoms with Gasteiger partial charge in [0.05, 0.1) is 21.1 Å². The Morgan fingerprint density at radius 2 is 1.83 bits per heavy atom. The first kappa shape index (κ1) is 11.1. The zero-order chi connectivity index (χ0) is 12.5. The van der Waals surface area contributed by atoms with Gasteiger partial charge in [0.1, 0.15) is 5.69 Å². The standard InChI is InChI=1S/C13H12N4S/c1-8-4-3-5-10(14-8)11-6-7-12(18-11)13-9(2)15-17-16-13/h3-7H,1-2H3,(H,15,16,17). The second-order valence-corrected chi connectivity index (χ2v) is 5.17. The monoisotopic (exact) mass is 256 g/mol. The minimum Gasteiger partial charge on any atom is -0.252 e. The normalized spacial score (nSPS) is 10.8. The maximum absolute atomic E-state index is 4.53. The molecule has 0 unspecified atom stereocenters. The summed E-state index contributed by atoms with van der Waals surface area (Å²) in [7, 11) is 0. The highest BCUT2D eigenvalue weighted by Gasteiger charge is 2.10. The number of H-pyrrole nitrogens is 1. The highest BCUT2D eigenvalue weighted by molar-refractivity contribution is 7.18. The minimum absolute atomic E-state index is 0.916. The summed E-state index contributed by atoms with van der Waals surface area (Å²) >= 11 is 1.68. The van der Waals surface area contributed by atoms with Gasteiger partial charge in [0, 0.05) is 5.69 Å². The first-order valence-corrected chi connectivity index (χ1v) is 6.47. The van der Waals surface area contributed by atoms with Crippen molar-refractivity contribution in [2.45, 2.75) is 13.8 Å². The molecule has 18 heavy (non-hydrogen) atoms. The Bertz CT molecular complexity index is 684. The summed E-state index contributed by atoms with van der Waals surface area (Å²) in [5.41, 5.74) is 3.87. The first-order chi connectivity index (χ1) is 8.74. The van der Waals surface area contributed by atoms with Gasteiger partial charge < -0.3 is 0 Å². The molecule has 90 valence electrons. The third kappa shape index (κ3) is 1.93. The number of nitrogens with one attached hydrogen (secondary N) is 1. The molecule has 1 N–H and O–H groups in total. The van der Waals surface area contributed by atoms with E-state index in [1.807, 2.05) is 32.0 Å². The van der Waals surface area contributed by atoms with E-state index in [9.17, 15) is 0 Å². The van der Waals surface area contributed by atoms with E-state index in [-0.39, 0.29) is 0 Å². The zero-order valence-electron chi connectivity index (χ0n) is 10.1. The summed E-state index contributed by atoms with van der Waals surface area (Å²) in [4.78, 5) is 6.79. The van der Waals surface area contributed by atoms with Gasteiger partial charge >= 0.3 is 0 Å². The van der Waals surface area contributed by atoms with E-state index in [1.54, 1.807) is 11.3 Å². The molecule has 0 aliphatic heterocycles. The molecule has 0 amide bonds. The van der Waals surface area contributed by atoms with Crippen LogP contribution in [0, 0.1) is 13.8 Å². The third-order valence-corrected chi connectivity index (χ3v) is 3.82. The topological polar surface area (TPSA) is 54.5 Å². The number of nitrogens with zero attached hydrogens (tertiary/aromatic N) is 3. The Morgan fingerprint density at radius 1 is 1.00 bits per heavy atom. The quantitative estimate of drug-likeness (QED) is 0.766. The number of aromatic amines is 1. The second kappa shape index (κ2) is 4.34. The summed E-state index contributed by atoms with van der Waals surface area (Å²) in [6, 6.07) is 10.2. The highest BCUT2D eigenvalue weighted by Crippen LogP contribution is 2.33. The van der Waals surface area contributed by atoms with Crippen LogP contribution < -0.4 is 0 Å². The van der Waals surface area contributed by atoms with E-state index in [1.165, 1.54) is 0 Å². The lowest BCUT2D eigenvalue weighted by Gasteiger charge is -1.97. The van der Waals surface area contributed by atoms with E-state index >= 15 is 0 Å². The van der Waals surface area contributed by atoms with Crippen molar-refractivity contribution >= 4 is 11.3 Å². The van der Waals surface area contributed by atoms with E-state index in [4.69, 9.17) is 0 Å². The number of thiophene rings is 1. The summed E-state index contributed by atoms with van der Waals surface area (Å²) < 4.78 is 0. The van der Waals surface area contributed by atoms with Crippen LogP contribution in [-0.4, -0.2) is 20.4 Å². The fourth-order valence-corrected chi connectivity index (χ4v) is 2.82. The SMILES string of the molecule is Cc1cccc(-c2ccc(-c3n[nH]nc3C)s2)n1. The molecular formula is C13H12N4S. The van der Waals surface area contributed by atoms with Crippen molar-refractivity contribution in [3.8, 4) is 21.1 Å². The minimum atomic E-state index is 0.916. The van der Waals surface area contributed by atoms with Crippen molar-refractivity contribution in [2.75, 3.05) is 0 Å². The molecule has 5 heteroatoms. The largest absolute Gasteiger partial charge is 0.252 e. The van der Waals surface area contributed by atoms with Crippen LogP contribution in [0.25, 0.3) is 21.1 Å². The van der Waals surface area contributed by atoms with Crippen LogP contribution in [0.5, 0.6) is 0 Å².